The van der Waals surface area contributed by atoms with Crippen LogP contribution >= 0.6 is 0 Å². The molecule has 0 saturated carbocycles. The maximum atomic E-state index is 11.9. The molecular formula is C16H25N3O3. The van der Waals surface area contributed by atoms with Gasteiger partial charge in [-0.05, 0) is 6.07 Å². The summed E-state index contributed by atoms with van der Waals surface area (Å²) in [5, 5.41) is 2.98. The molecule has 0 spiro atoms. The number of nitrogens with zero attached hydrogens (tertiary/aromatic N) is 2. The molecule has 1 heterocycles. The summed E-state index contributed by atoms with van der Waals surface area (Å²) in [6.07, 6.45) is 0. The van der Waals surface area contributed by atoms with Crippen molar-refractivity contribution in [3.8, 4) is 5.75 Å². The number of urea groups is 1. The van der Waals surface area contributed by atoms with Crippen LogP contribution in [0.4, 0.5) is 4.79 Å². The predicted octanol–water partition coefficient (Wildman–Crippen LogP) is 1.34. The average Bonchev–Trinajstić information content (AvgIpc) is 2.56. The first-order valence-electron chi connectivity index (χ1n) is 7.53. The molecule has 6 heteroatoms. The van der Waals surface area contributed by atoms with Gasteiger partial charge in [0.1, 0.15) is 5.75 Å². The van der Waals surface area contributed by atoms with Gasteiger partial charge in [0, 0.05) is 39.3 Å². The summed E-state index contributed by atoms with van der Waals surface area (Å²) in [5.41, 5.74) is 1.09. The lowest BCUT2D eigenvalue weighted by atomic mass is 10.0. The third-order valence-corrected chi connectivity index (χ3v) is 3.84. The van der Waals surface area contributed by atoms with Crippen LogP contribution in [-0.2, 0) is 4.74 Å². The minimum Gasteiger partial charge on any atom is -0.496 e. The van der Waals surface area contributed by atoms with Crippen LogP contribution in [0.25, 0.3) is 0 Å². The Balaban J connectivity index is 2.18. The van der Waals surface area contributed by atoms with Gasteiger partial charge in [0.15, 0.2) is 0 Å². The molecule has 0 aromatic heterocycles. The molecule has 1 unspecified atom stereocenters. The van der Waals surface area contributed by atoms with E-state index in [-0.39, 0.29) is 12.1 Å². The molecule has 2 rings (SSSR count). The van der Waals surface area contributed by atoms with Crippen LogP contribution in [0.2, 0.25) is 0 Å². The highest BCUT2D eigenvalue weighted by atomic mass is 16.5. The first kappa shape index (κ1) is 16.6. The molecule has 1 aliphatic heterocycles. The topological polar surface area (TPSA) is 54.0 Å². The molecule has 0 radical (unpaired) electrons. The van der Waals surface area contributed by atoms with Gasteiger partial charge in [-0.1, -0.05) is 18.2 Å². The van der Waals surface area contributed by atoms with Crippen LogP contribution in [0.15, 0.2) is 24.3 Å². The zero-order valence-corrected chi connectivity index (χ0v) is 13.5. The van der Waals surface area contributed by atoms with E-state index in [0.29, 0.717) is 19.8 Å². The van der Waals surface area contributed by atoms with E-state index in [9.17, 15) is 4.79 Å². The third kappa shape index (κ3) is 4.11. The number of benzene rings is 1. The maximum Gasteiger partial charge on any atom is 0.316 e. The summed E-state index contributed by atoms with van der Waals surface area (Å²) >= 11 is 0. The Morgan fingerprint density at radius 1 is 1.36 bits per heavy atom. The molecule has 2 amide bonds. The fourth-order valence-corrected chi connectivity index (χ4v) is 2.61. The van der Waals surface area contributed by atoms with E-state index in [1.807, 2.05) is 18.2 Å². The van der Waals surface area contributed by atoms with Crippen molar-refractivity contribution >= 4 is 6.03 Å². The highest BCUT2D eigenvalue weighted by Crippen LogP contribution is 2.29. The number of amides is 2. The molecule has 0 bridgehead atoms. The van der Waals surface area contributed by atoms with Crippen molar-refractivity contribution in [2.75, 3.05) is 54.1 Å². The summed E-state index contributed by atoms with van der Waals surface area (Å²) in [5.74, 6) is 0.845. The number of rotatable bonds is 5. The van der Waals surface area contributed by atoms with E-state index in [0.717, 1.165) is 24.4 Å². The molecule has 22 heavy (non-hydrogen) atoms. The minimum absolute atomic E-state index is 0.0731. The second-order valence-electron chi connectivity index (χ2n) is 5.49. The lowest BCUT2D eigenvalue weighted by Gasteiger charge is -2.35. The molecule has 1 saturated heterocycles. The molecule has 1 aliphatic rings. The second-order valence-corrected chi connectivity index (χ2v) is 5.49. The largest absolute Gasteiger partial charge is 0.496 e. The van der Waals surface area contributed by atoms with Crippen molar-refractivity contribution in [3.63, 3.8) is 0 Å². The van der Waals surface area contributed by atoms with Crippen LogP contribution < -0.4 is 10.1 Å². The Morgan fingerprint density at radius 2 is 2.05 bits per heavy atom. The van der Waals surface area contributed by atoms with E-state index in [1.54, 1.807) is 26.1 Å². The first-order valence-corrected chi connectivity index (χ1v) is 7.53. The average molecular weight is 307 g/mol. The van der Waals surface area contributed by atoms with Crippen molar-refractivity contribution in [2.45, 2.75) is 6.04 Å². The summed E-state index contributed by atoms with van der Waals surface area (Å²) in [6, 6.07) is 7.95. The normalized spacial score (nSPS) is 16.9. The molecule has 1 aromatic carbocycles. The highest BCUT2D eigenvalue weighted by Gasteiger charge is 2.25. The van der Waals surface area contributed by atoms with Crippen molar-refractivity contribution in [3.05, 3.63) is 29.8 Å². The van der Waals surface area contributed by atoms with Crippen molar-refractivity contribution in [1.82, 2.24) is 15.1 Å². The number of methoxy groups -OCH3 is 1. The van der Waals surface area contributed by atoms with Gasteiger partial charge in [-0.2, -0.15) is 0 Å². The van der Waals surface area contributed by atoms with Crippen LogP contribution in [0.3, 0.4) is 0 Å². The SMILES string of the molecule is COc1ccccc1C(CNC(=O)N(C)C)N1CCOCC1. The Morgan fingerprint density at radius 3 is 2.68 bits per heavy atom. The molecular weight excluding hydrogens is 282 g/mol. The zero-order chi connectivity index (χ0) is 15.9. The lowest BCUT2D eigenvalue weighted by Crippen LogP contribution is -2.45. The Kier molecular flexibility index (Phi) is 6.03. The molecule has 6 nitrogen and oxygen atoms in total. The quantitative estimate of drug-likeness (QED) is 0.892. The number of ether oxygens (including phenoxy) is 2. The molecule has 0 aliphatic carbocycles. The van der Waals surface area contributed by atoms with Gasteiger partial charge < -0.3 is 19.7 Å². The summed E-state index contributed by atoms with van der Waals surface area (Å²) in [7, 11) is 5.15. The van der Waals surface area contributed by atoms with Gasteiger partial charge >= 0.3 is 6.03 Å². The van der Waals surface area contributed by atoms with E-state index in [1.165, 1.54) is 0 Å². The van der Waals surface area contributed by atoms with Gasteiger partial charge in [0.05, 0.1) is 26.4 Å². The number of carbonyl (C=O) groups excluding carboxylic acids is 1. The standard InChI is InChI=1S/C16H25N3O3/c1-18(2)16(20)17-12-14(19-8-10-22-11-9-19)13-6-4-5-7-15(13)21-3/h4-7,14H,8-12H2,1-3H3,(H,17,20). The van der Waals surface area contributed by atoms with Crippen molar-refractivity contribution in [1.29, 1.82) is 0 Å². The summed E-state index contributed by atoms with van der Waals surface area (Å²) in [4.78, 5) is 15.7. The number of morpholine rings is 1. The number of hydrogen-bond donors (Lipinski definition) is 1. The monoisotopic (exact) mass is 307 g/mol. The molecule has 1 atom stereocenters. The van der Waals surface area contributed by atoms with Crippen LogP contribution in [-0.4, -0.2) is 69.9 Å². The Bertz CT molecular complexity index is 487. The molecule has 1 N–H and O–H groups in total. The van der Waals surface area contributed by atoms with E-state index >= 15 is 0 Å². The van der Waals surface area contributed by atoms with Gasteiger partial charge in [-0.15, -0.1) is 0 Å². The van der Waals surface area contributed by atoms with Gasteiger partial charge in [-0.3, -0.25) is 4.90 Å². The first-order chi connectivity index (χ1) is 10.6. The number of carbonyl (C=O) groups is 1. The summed E-state index contributed by atoms with van der Waals surface area (Å²) < 4.78 is 10.9. The van der Waals surface area contributed by atoms with Gasteiger partial charge in [-0.25, -0.2) is 4.79 Å². The van der Waals surface area contributed by atoms with Crippen LogP contribution in [0, 0.1) is 0 Å². The molecule has 1 fully saturated rings. The Hall–Kier alpha value is -1.79. The number of nitrogens with one attached hydrogen (secondary N) is 1. The van der Waals surface area contributed by atoms with Crippen molar-refractivity contribution in [2.24, 2.45) is 0 Å². The van der Waals surface area contributed by atoms with E-state index < -0.39 is 0 Å². The molecule has 1 aromatic rings. The minimum atomic E-state index is -0.0897. The molecule has 122 valence electrons. The number of para-hydroxylation sites is 1. The zero-order valence-electron chi connectivity index (χ0n) is 13.5. The third-order valence-electron chi connectivity index (χ3n) is 3.84. The van der Waals surface area contributed by atoms with Crippen molar-refractivity contribution < 1.29 is 14.3 Å². The Labute approximate surface area is 132 Å². The summed E-state index contributed by atoms with van der Waals surface area (Å²) in [6.45, 7) is 3.67. The maximum absolute atomic E-state index is 11.9. The highest BCUT2D eigenvalue weighted by molar-refractivity contribution is 5.73. The number of hydrogen-bond acceptors (Lipinski definition) is 4. The van der Waals surface area contributed by atoms with Gasteiger partial charge in [0.2, 0.25) is 0 Å². The smallest absolute Gasteiger partial charge is 0.316 e. The predicted molar refractivity (Wildman–Crippen MR) is 85.2 cm³/mol. The van der Waals surface area contributed by atoms with Crippen LogP contribution in [0.1, 0.15) is 11.6 Å². The fraction of sp³-hybridized carbons (Fsp3) is 0.562. The second kappa shape index (κ2) is 8.00. The lowest BCUT2D eigenvalue weighted by molar-refractivity contribution is 0.0161. The van der Waals surface area contributed by atoms with E-state index in [2.05, 4.69) is 16.3 Å². The fourth-order valence-electron chi connectivity index (χ4n) is 2.61. The van der Waals surface area contributed by atoms with Crippen LogP contribution in [0.5, 0.6) is 5.75 Å². The van der Waals surface area contributed by atoms with Gasteiger partial charge in [0.25, 0.3) is 0 Å². The van der Waals surface area contributed by atoms with E-state index in [4.69, 9.17) is 9.47 Å².